The third-order valence-corrected chi connectivity index (χ3v) is 4.34. The first-order chi connectivity index (χ1) is 7.80. The minimum Gasteiger partial charge on any atom is -0.397 e. The van der Waals surface area contributed by atoms with Crippen molar-refractivity contribution >= 4 is 21.4 Å². The van der Waals surface area contributed by atoms with Crippen molar-refractivity contribution in [2.24, 2.45) is 0 Å². The first kappa shape index (κ1) is 13.4. The molecule has 17 heavy (non-hydrogen) atoms. The number of benzene rings is 1. The van der Waals surface area contributed by atoms with Crippen LogP contribution in [0.1, 0.15) is 6.92 Å². The molecule has 1 rings (SSSR count). The maximum absolute atomic E-state index is 11.9. The molecule has 0 radical (unpaired) electrons. The molecule has 0 saturated heterocycles. The highest BCUT2D eigenvalue weighted by atomic mass is 32.2. The maximum atomic E-state index is 11.9. The fourth-order valence-corrected chi connectivity index (χ4v) is 2.49. The molecule has 0 spiro atoms. The van der Waals surface area contributed by atoms with E-state index in [1.54, 1.807) is 6.92 Å². The molecule has 1 aromatic carbocycles. The molecule has 7 nitrogen and oxygen atoms in total. The van der Waals surface area contributed by atoms with Crippen LogP contribution in [-0.2, 0) is 10.0 Å². The van der Waals surface area contributed by atoms with Gasteiger partial charge in [0.15, 0.2) is 0 Å². The second-order valence-corrected chi connectivity index (χ2v) is 5.41. The predicted molar refractivity (Wildman–Crippen MR) is 63.0 cm³/mol. The van der Waals surface area contributed by atoms with Gasteiger partial charge in [0.2, 0.25) is 10.0 Å². The topological polar surface area (TPSA) is 107 Å². The Kier molecular flexibility index (Phi) is 3.69. The number of anilines is 1. The number of nitrogen functional groups attached to an aromatic ring is 1. The maximum Gasteiger partial charge on any atom is 0.271 e. The lowest BCUT2D eigenvalue weighted by molar-refractivity contribution is -0.384. The van der Waals surface area contributed by atoms with Gasteiger partial charge in [0, 0.05) is 25.7 Å². The fourth-order valence-electron chi connectivity index (χ4n) is 1.22. The lowest BCUT2D eigenvalue weighted by Crippen LogP contribution is -2.27. The van der Waals surface area contributed by atoms with Gasteiger partial charge in [-0.15, -0.1) is 0 Å². The van der Waals surface area contributed by atoms with Crippen LogP contribution in [0.25, 0.3) is 0 Å². The molecular weight excluding hydrogens is 246 g/mol. The largest absolute Gasteiger partial charge is 0.397 e. The summed E-state index contributed by atoms with van der Waals surface area (Å²) in [7, 11) is -2.26. The van der Waals surface area contributed by atoms with Crippen LogP contribution < -0.4 is 5.73 Å². The van der Waals surface area contributed by atoms with E-state index in [9.17, 15) is 18.5 Å². The van der Waals surface area contributed by atoms with Crippen molar-refractivity contribution in [3.8, 4) is 0 Å². The van der Waals surface area contributed by atoms with E-state index in [1.165, 1.54) is 7.05 Å². The molecule has 0 fully saturated rings. The lowest BCUT2D eigenvalue weighted by Gasteiger charge is -2.15. The molecule has 94 valence electrons. The monoisotopic (exact) mass is 259 g/mol. The summed E-state index contributed by atoms with van der Waals surface area (Å²) in [5, 5.41) is 10.5. The van der Waals surface area contributed by atoms with Gasteiger partial charge in [0.05, 0.1) is 10.6 Å². The minimum absolute atomic E-state index is 0.118. The van der Waals surface area contributed by atoms with Crippen molar-refractivity contribution in [1.29, 1.82) is 0 Å². The van der Waals surface area contributed by atoms with Crippen LogP contribution in [0.15, 0.2) is 23.1 Å². The Morgan fingerprint density at radius 1 is 1.47 bits per heavy atom. The molecule has 8 heteroatoms. The highest BCUT2D eigenvalue weighted by Crippen LogP contribution is 2.25. The first-order valence-corrected chi connectivity index (χ1v) is 6.25. The summed E-state index contributed by atoms with van der Waals surface area (Å²) in [5.74, 6) is 0. The highest BCUT2D eigenvalue weighted by molar-refractivity contribution is 7.89. The molecule has 1 aromatic rings. The molecule has 0 aromatic heterocycles. The van der Waals surface area contributed by atoms with Crippen LogP contribution in [-0.4, -0.2) is 31.2 Å². The molecule has 0 saturated carbocycles. The zero-order valence-corrected chi connectivity index (χ0v) is 10.3. The molecule has 0 amide bonds. The summed E-state index contributed by atoms with van der Waals surface area (Å²) in [6.45, 7) is 1.97. The van der Waals surface area contributed by atoms with E-state index < -0.39 is 14.9 Å². The SMILES string of the molecule is CCN(C)S(=O)(=O)c1ccc([N+](=O)[O-])cc1N. The number of hydrogen-bond donors (Lipinski definition) is 1. The van der Waals surface area contributed by atoms with Crippen molar-refractivity contribution in [1.82, 2.24) is 4.31 Å². The summed E-state index contributed by atoms with van der Waals surface area (Å²) in [6, 6.07) is 3.30. The molecule has 0 aliphatic rings. The quantitative estimate of drug-likeness (QED) is 0.489. The molecular formula is C9H13N3O4S. The standard InChI is InChI=1S/C9H13N3O4S/c1-3-11(2)17(15,16)9-5-4-7(12(13)14)6-8(9)10/h4-6H,3,10H2,1-2H3. The van der Waals surface area contributed by atoms with Crippen LogP contribution in [0, 0.1) is 10.1 Å². The van der Waals surface area contributed by atoms with Crippen molar-refractivity contribution in [2.45, 2.75) is 11.8 Å². The number of nitro groups is 1. The Hall–Kier alpha value is -1.67. The fraction of sp³-hybridized carbons (Fsp3) is 0.333. The predicted octanol–water partition coefficient (Wildman–Crippen LogP) is 0.817. The normalized spacial score (nSPS) is 11.7. The van der Waals surface area contributed by atoms with Gasteiger partial charge < -0.3 is 5.73 Å². The second kappa shape index (κ2) is 4.68. The van der Waals surface area contributed by atoms with Gasteiger partial charge in [-0.25, -0.2) is 12.7 Å². The summed E-state index contributed by atoms with van der Waals surface area (Å²) in [5.41, 5.74) is 5.17. The number of nitrogens with zero attached hydrogens (tertiary/aromatic N) is 2. The Labute approximate surface area is 99.0 Å². The Balaban J connectivity index is 3.31. The molecule has 0 aliphatic carbocycles. The van der Waals surface area contributed by atoms with E-state index in [0.717, 1.165) is 22.5 Å². The Morgan fingerprint density at radius 3 is 2.47 bits per heavy atom. The first-order valence-electron chi connectivity index (χ1n) is 4.81. The lowest BCUT2D eigenvalue weighted by atomic mass is 10.3. The Bertz CT molecular complexity index is 541. The smallest absolute Gasteiger partial charge is 0.271 e. The van der Waals surface area contributed by atoms with Crippen LogP contribution >= 0.6 is 0 Å². The number of hydrogen-bond acceptors (Lipinski definition) is 5. The van der Waals surface area contributed by atoms with Crippen LogP contribution in [0.5, 0.6) is 0 Å². The average molecular weight is 259 g/mol. The number of sulfonamides is 1. The minimum atomic E-state index is -3.68. The number of non-ortho nitro benzene ring substituents is 1. The molecule has 0 atom stereocenters. The third kappa shape index (κ3) is 2.53. The van der Waals surface area contributed by atoms with Gasteiger partial charge in [-0.2, -0.15) is 0 Å². The van der Waals surface area contributed by atoms with E-state index in [4.69, 9.17) is 5.73 Å². The molecule has 0 bridgehead atoms. The Morgan fingerprint density at radius 2 is 2.06 bits per heavy atom. The summed E-state index contributed by atoms with van der Waals surface area (Å²) in [4.78, 5) is 9.75. The van der Waals surface area contributed by atoms with Crippen LogP contribution in [0.2, 0.25) is 0 Å². The highest BCUT2D eigenvalue weighted by Gasteiger charge is 2.23. The zero-order valence-electron chi connectivity index (χ0n) is 9.45. The number of rotatable bonds is 4. The van der Waals surface area contributed by atoms with Crippen molar-refractivity contribution in [2.75, 3.05) is 19.3 Å². The van der Waals surface area contributed by atoms with Crippen molar-refractivity contribution < 1.29 is 13.3 Å². The van der Waals surface area contributed by atoms with E-state index >= 15 is 0 Å². The number of nitrogens with two attached hydrogens (primary N) is 1. The second-order valence-electron chi connectivity index (χ2n) is 3.40. The zero-order chi connectivity index (χ0) is 13.2. The van der Waals surface area contributed by atoms with E-state index in [0.29, 0.717) is 6.54 Å². The van der Waals surface area contributed by atoms with Crippen LogP contribution in [0.4, 0.5) is 11.4 Å². The molecule has 0 aliphatic heterocycles. The summed E-state index contributed by atoms with van der Waals surface area (Å²) < 4.78 is 25.0. The van der Waals surface area contributed by atoms with Gasteiger partial charge in [0.1, 0.15) is 4.90 Å². The van der Waals surface area contributed by atoms with E-state index in [1.807, 2.05) is 0 Å². The van der Waals surface area contributed by atoms with Gasteiger partial charge in [-0.05, 0) is 6.07 Å². The molecule has 2 N–H and O–H groups in total. The van der Waals surface area contributed by atoms with Crippen molar-refractivity contribution in [3.05, 3.63) is 28.3 Å². The summed E-state index contributed by atoms with van der Waals surface area (Å²) in [6.07, 6.45) is 0. The van der Waals surface area contributed by atoms with Gasteiger partial charge >= 0.3 is 0 Å². The van der Waals surface area contributed by atoms with Gasteiger partial charge in [-0.3, -0.25) is 10.1 Å². The molecule has 0 heterocycles. The van der Waals surface area contributed by atoms with Gasteiger partial charge in [-0.1, -0.05) is 6.92 Å². The van der Waals surface area contributed by atoms with E-state index in [2.05, 4.69) is 0 Å². The molecule has 0 unspecified atom stereocenters. The van der Waals surface area contributed by atoms with Gasteiger partial charge in [0.25, 0.3) is 5.69 Å². The van der Waals surface area contributed by atoms with Crippen LogP contribution in [0.3, 0.4) is 0 Å². The number of nitro benzene ring substituents is 1. The average Bonchev–Trinajstić information content (AvgIpc) is 2.27. The third-order valence-electron chi connectivity index (χ3n) is 2.34. The summed E-state index contributed by atoms with van der Waals surface area (Å²) >= 11 is 0. The van der Waals surface area contributed by atoms with Crippen molar-refractivity contribution in [3.63, 3.8) is 0 Å². The van der Waals surface area contributed by atoms with E-state index in [-0.39, 0.29) is 16.3 Å².